The molecule has 1 aromatic carbocycles. The second-order valence-corrected chi connectivity index (χ2v) is 3.96. The van der Waals surface area contributed by atoms with Gasteiger partial charge in [-0.2, -0.15) is 0 Å². The lowest BCUT2D eigenvalue weighted by molar-refractivity contribution is 0.0684. The van der Waals surface area contributed by atoms with Crippen molar-refractivity contribution in [3.8, 4) is 5.75 Å². The van der Waals surface area contributed by atoms with Gasteiger partial charge in [0.2, 0.25) is 0 Å². The Hall–Kier alpha value is -2.89. The van der Waals surface area contributed by atoms with Gasteiger partial charge in [-0.3, -0.25) is 0 Å². The molecule has 2 aromatic rings. The molecule has 102 valence electrons. The predicted molar refractivity (Wildman–Crippen MR) is 68.9 cm³/mol. The van der Waals surface area contributed by atoms with Crippen LogP contribution in [0.25, 0.3) is 0 Å². The molecule has 6 heteroatoms. The molecule has 6 nitrogen and oxygen atoms in total. The number of benzene rings is 1. The maximum atomic E-state index is 10.9. The maximum absolute atomic E-state index is 10.9. The summed E-state index contributed by atoms with van der Waals surface area (Å²) in [7, 11) is 0. The average molecular weight is 273 g/mol. The van der Waals surface area contributed by atoms with Gasteiger partial charge in [-0.05, 0) is 5.56 Å². The number of ether oxygens (including phenoxy) is 1. The minimum absolute atomic E-state index is 0.152. The molecule has 1 aromatic heterocycles. The van der Waals surface area contributed by atoms with Crippen molar-refractivity contribution in [1.82, 2.24) is 4.98 Å². The van der Waals surface area contributed by atoms with Gasteiger partial charge in [0.05, 0.1) is 0 Å². The van der Waals surface area contributed by atoms with E-state index in [0.29, 0.717) is 0 Å². The Morgan fingerprint density at radius 1 is 1.00 bits per heavy atom. The van der Waals surface area contributed by atoms with Crippen LogP contribution in [-0.2, 0) is 6.61 Å². The number of carbonyl (C=O) groups is 2. The van der Waals surface area contributed by atoms with E-state index in [4.69, 9.17) is 14.9 Å². The summed E-state index contributed by atoms with van der Waals surface area (Å²) in [5.41, 5.74) is 0.152. The third kappa shape index (κ3) is 3.32. The molecule has 0 aliphatic carbocycles. The highest BCUT2D eigenvalue weighted by Crippen LogP contribution is 2.16. The van der Waals surface area contributed by atoms with Gasteiger partial charge in [-0.25, -0.2) is 14.6 Å². The van der Waals surface area contributed by atoms with E-state index in [1.165, 1.54) is 12.1 Å². The lowest BCUT2D eigenvalue weighted by Gasteiger charge is -2.07. The lowest BCUT2D eigenvalue weighted by Crippen LogP contribution is -2.08. The summed E-state index contributed by atoms with van der Waals surface area (Å²) >= 11 is 0. The number of carboxylic acid groups (broad SMARTS) is 2. The quantitative estimate of drug-likeness (QED) is 0.865. The SMILES string of the molecule is O=C(O)c1cc(OCc2ccccc2)cc(C(=O)O)n1. The first kappa shape index (κ1) is 13.5. The molecule has 0 bridgehead atoms. The van der Waals surface area contributed by atoms with Gasteiger partial charge in [0.25, 0.3) is 0 Å². The number of aromatic carboxylic acids is 2. The second kappa shape index (κ2) is 5.83. The molecule has 0 aliphatic rings. The molecule has 2 N–H and O–H groups in total. The zero-order chi connectivity index (χ0) is 14.5. The summed E-state index contributed by atoms with van der Waals surface area (Å²) in [5.74, 6) is -2.46. The van der Waals surface area contributed by atoms with Gasteiger partial charge in [0.15, 0.2) is 11.4 Å². The van der Waals surface area contributed by atoms with Crippen LogP contribution >= 0.6 is 0 Å². The molecular formula is C14H11NO5. The summed E-state index contributed by atoms with van der Waals surface area (Å²) in [5, 5.41) is 17.8. The maximum Gasteiger partial charge on any atom is 0.354 e. The molecule has 20 heavy (non-hydrogen) atoms. The highest BCUT2D eigenvalue weighted by Gasteiger charge is 2.14. The predicted octanol–water partition coefficient (Wildman–Crippen LogP) is 2.06. The molecule has 0 atom stereocenters. The summed E-state index contributed by atoms with van der Waals surface area (Å²) in [4.78, 5) is 25.3. The largest absolute Gasteiger partial charge is 0.489 e. The Morgan fingerprint density at radius 2 is 1.55 bits per heavy atom. The number of carboxylic acids is 2. The van der Waals surface area contributed by atoms with E-state index in [9.17, 15) is 9.59 Å². The molecule has 0 saturated carbocycles. The van der Waals surface area contributed by atoms with Crippen LogP contribution in [0.3, 0.4) is 0 Å². The molecule has 0 radical (unpaired) electrons. The van der Waals surface area contributed by atoms with E-state index < -0.39 is 11.9 Å². The standard InChI is InChI=1S/C14H11NO5/c16-13(17)11-6-10(7-12(15-11)14(18)19)20-8-9-4-2-1-3-5-9/h1-7H,8H2,(H,16,17)(H,18,19). The number of rotatable bonds is 5. The zero-order valence-corrected chi connectivity index (χ0v) is 10.3. The van der Waals surface area contributed by atoms with Crippen molar-refractivity contribution < 1.29 is 24.5 Å². The van der Waals surface area contributed by atoms with Crippen molar-refractivity contribution in [3.63, 3.8) is 0 Å². The summed E-state index contributed by atoms with van der Waals surface area (Å²) in [6.07, 6.45) is 0. The van der Waals surface area contributed by atoms with E-state index >= 15 is 0 Å². The summed E-state index contributed by atoms with van der Waals surface area (Å²) < 4.78 is 5.41. The smallest absolute Gasteiger partial charge is 0.354 e. The molecule has 0 unspecified atom stereocenters. The topological polar surface area (TPSA) is 96.7 Å². The Balaban J connectivity index is 2.22. The number of nitrogens with zero attached hydrogens (tertiary/aromatic N) is 1. The number of hydrogen-bond acceptors (Lipinski definition) is 4. The fraction of sp³-hybridized carbons (Fsp3) is 0.0714. The molecule has 0 spiro atoms. The van der Waals surface area contributed by atoms with Gasteiger partial charge < -0.3 is 14.9 Å². The third-order valence-corrected chi connectivity index (χ3v) is 2.49. The van der Waals surface area contributed by atoms with E-state index in [-0.39, 0.29) is 23.7 Å². The molecule has 2 rings (SSSR count). The number of aromatic nitrogens is 1. The fourth-order valence-electron chi connectivity index (χ4n) is 1.55. The van der Waals surface area contributed by atoms with Crippen LogP contribution in [-0.4, -0.2) is 27.1 Å². The highest BCUT2D eigenvalue weighted by molar-refractivity contribution is 5.90. The van der Waals surface area contributed by atoms with Crippen molar-refractivity contribution in [1.29, 1.82) is 0 Å². The van der Waals surface area contributed by atoms with Gasteiger partial charge in [-0.15, -0.1) is 0 Å². The van der Waals surface area contributed by atoms with Gasteiger partial charge >= 0.3 is 11.9 Å². The molecule has 0 amide bonds. The first-order valence-corrected chi connectivity index (χ1v) is 5.71. The molecular weight excluding hydrogens is 262 g/mol. The van der Waals surface area contributed by atoms with Crippen molar-refractivity contribution >= 4 is 11.9 Å². The lowest BCUT2D eigenvalue weighted by atomic mass is 10.2. The first-order valence-electron chi connectivity index (χ1n) is 5.71. The third-order valence-electron chi connectivity index (χ3n) is 2.49. The van der Waals surface area contributed by atoms with Crippen LogP contribution in [0, 0.1) is 0 Å². The highest BCUT2D eigenvalue weighted by atomic mass is 16.5. The average Bonchev–Trinajstić information content (AvgIpc) is 2.45. The zero-order valence-electron chi connectivity index (χ0n) is 10.3. The Labute approximate surface area is 114 Å². The summed E-state index contributed by atoms with van der Waals surface area (Å²) in [6, 6.07) is 11.6. The minimum atomic E-state index is -1.31. The fourth-order valence-corrected chi connectivity index (χ4v) is 1.55. The van der Waals surface area contributed by atoms with Crippen molar-refractivity contribution in [3.05, 3.63) is 59.4 Å². The second-order valence-electron chi connectivity index (χ2n) is 3.96. The van der Waals surface area contributed by atoms with E-state index in [1.54, 1.807) is 0 Å². The summed E-state index contributed by atoms with van der Waals surface area (Å²) in [6.45, 7) is 0.211. The van der Waals surface area contributed by atoms with Crippen molar-refractivity contribution in [2.45, 2.75) is 6.61 Å². The van der Waals surface area contributed by atoms with Gasteiger partial charge in [-0.1, -0.05) is 30.3 Å². The Bertz CT molecular complexity index is 607. The van der Waals surface area contributed by atoms with Crippen LogP contribution in [0.15, 0.2) is 42.5 Å². The molecule has 0 aliphatic heterocycles. The molecule has 1 heterocycles. The van der Waals surface area contributed by atoms with Crippen molar-refractivity contribution in [2.24, 2.45) is 0 Å². The van der Waals surface area contributed by atoms with Gasteiger partial charge in [0, 0.05) is 12.1 Å². The van der Waals surface area contributed by atoms with E-state index in [1.807, 2.05) is 30.3 Å². The molecule has 0 fully saturated rings. The van der Waals surface area contributed by atoms with E-state index in [0.717, 1.165) is 5.56 Å². The minimum Gasteiger partial charge on any atom is -0.489 e. The van der Waals surface area contributed by atoms with Gasteiger partial charge in [0.1, 0.15) is 12.4 Å². The van der Waals surface area contributed by atoms with Crippen LogP contribution in [0.2, 0.25) is 0 Å². The van der Waals surface area contributed by atoms with Crippen LogP contribution < -0.4 is 4.74 Å². The van der Waals surface area contributed by atoms with E-state index in [2.05, 4.69) is 4.98 Å². The normalized spacial score (nSPS) is 10.0. The van der Waals surface area contributed by atoms with Crippen LogP contribution in [0.1, 0.15) is 26.5 Å². The molecule has 0 saturated heterocycles. The van der Waals surface area contributed by atoms with Crippen molar-refractivity contribution in [2.75, 3.05) is 0 Å². The van der Waals surface area contributed by atoms with Crippen LogP contribution in [0.4, 0.5) is 0 Å². The Morgan fingerprint density at radius 3 is 2.05 bits per heavy atom. The first-order chi connectivity index (χ1) is 9.56. The number of hydrogen-bond donors (Lipinski definition) is 2. The number of pyridine rings is 1. The Kier molecular flexibility index (Phi) is 3.95. The van der Waals surface area contributed by atoms with Crippen LogP contribution in [0.5, 0.6) is 5.75 Å². The monoisotopic (exact) mass is 273 g/mol.